The molecule has 0 heterocycles. The number of benzene rings is 1. The summed E-state index contributed by atoms with van der Waals surface area (Å²) in [5.74, 6) is -0.0825. The Hall–Kier alpha value is -1.69. The molecule has 5 heteroatoms. The summed E-state index contributed by atoms with van der Waals surface area (Å²) in [6.07, 6.45) is 3.70. The van der Waals surface area contributed by atoms with Crippen molar-refractivity contribution >= 4 is 5.78 Å². The molecule has 1 saturated carbocycles. The molecule has 1 aromatic rings. The van der Waals surface area contributed by atoms with E-state index in [1.807, 2.05) is 38.1 Å². The molecule has 2 atom stereocenters. The number of fused-ring (bicyclic) bond motifs is 1. The lowest BCUT2D eigenvalue weighted by molar-refractivity contribution is -0.242. The number of hydrogen-bond donors (Lipinski definition) is 0. The van der Waals surface area contributed by atoms with E-state index in [0.717, 1.165) is 36.1 Å². The second-order valence-electron chi connectivity index (χ2n) is 10.1. The summed E-state index contributed by atoms with van der Waals surface area (Å²) in [6, 6.07) is 7.78. The fraction of sp³-hybridized carbons (Fsp3) is 0.667. The van der Waals surface area contributed by atoms with Gasteiger partial charge in [-0.3, -0.25) is 4.79 Å². The molecule has 0 spiro atoms. The predicted octanol–water partition coefficient (Wildman–Crippen LogP) is 5.95. The third kappa shape index (κ3) is 4.95. The van der Waals surface area contributed by atoms with Gasteiger partial charge in [0, 0.05) is 42.6 Å². The van der Waals surface area contributed by atoms with E-state index in [1.54, 1.807) is 7.11 Å². The van der Waals surface area contributed by atoms with Crippen molar-refractivity contribution in [1.29, 1.82) is 0 Å². The molecule has 0 N–H and O–H groups in total. The van der Waals surface area contributed by atoms with Gasteiger partial charge in [-0.15, -0.1) is 0 Å². The summed E-state index contributed by atoms with van der Waals surface area (Å²) < 4.78 is 24.5. The van der Waals surface area contributed by atoms with E-state index in [1.165, 1.54) is 5.57 Å². The van der Waals surface area contributed by atoms with E-state index >= 15 is 0 Å². The molecule has 0 unspecified atom stereocenters. The number of carbonyl (C=O) groups excluding carboxylic acids is 1. The number of ketones is 1. The minimum atomic E-state index is -1.03. The highest BCUT2D eigenvalue weighted by molar-refractivity contribution is 5.97. The van der Waals surface area contributed by atoms with Crippen LogP contribution in [-0.2, 0) is 24.8 Å². The van der Waals surface area contributed by atoms with Crippen molar-refractivity contribution in [3.05, 3.63) is 41.0 Å². The number of hydrogen-bond acceptors (Lipinski definition) is 5. The first kappa shape index (κ1) is 24.9. The first-order chi connectivity index (χ1) is 15.1. The van der Waals surface area contributed by atoms with Crippen molar-refractivity contribution in [1.82, 2.24) is 0 Å². The van der Waals surface area contributed by atoms with Gasteiger partial charge in [-0.05, 0) is 66.0 Å². The molecular formula is C27H40O5. The highest BCUT2D eigenvalue weighted by Gasteiger charge is 2.50. The van der Waals surface area contributed by atoms with Crippen molar-refractivity contribution in [3.8, 4) is 5.75 Å². The van der Waals surface area contributed by atoms with Crippen molar-refractivity contribution in [2.24, 2.45) is 5.41 Å². The zero-order chi connectivity index (χ0) is 23.6. The van der Waals surface area contributed by atoms with Gasteiger partial charge in [-0.2, -0.15) is 0 Å². The Balaban J connectivity index is 2.07. The predicted molar refractivity (Wildman–Crippen MR) is 126 cm³/mol. The van der Waals surface area contributed by atoms with E-state index in [4.69, 9.17) is 18.9 Å². The van der Waals surface area contributed by atoms with Crippen LogP contribution in [0.15, 0.2) is 35.4 Å². The van der Waals surface area contributed by atoms with Crippen LogP contribution >= 0.6 is 0 Å². The summed E-state index contributed by atoms with van der Waals surface area (Å²) >= 11 is 0. The molecule has 1 aromatic carbocycles. The van der Waals surface area contributed by atoms with E-state index in [9.17, 15) is 4.79 Å². The zero-order valence-corrected chi connectivity index (χ0v) is 20.9. The molecular weight excluding hydrogens is 404 g/mol. The summed E-state index contributed by atoms with van der Waals surface area (Å²) in [5, 5.41) is 0. The van der Waals surface area contributed by atoms with E-state index in [0.29, 0.717) is 26.1 Å². The van der Waals surface area contributed by atoms with Crippen molar-refractivity contribution in [2.45, 2.75) is 91.1 Å². The van der Waals surface area contributed by atoms with Gasteiger partial charge in [0.25, 0.3) is 0 Å². The van der Waals surface area contributed by atoms with Crippen molar-refractivity contribution in [3.63, 3.8) is 0 Å². The third-order valence-electron chi connectivity index (χ3n) is 6.80. The number of Topliss-reactive ketones (excluding diaryl/α,β-unsaturated/α-hetero) is 1. The number of carbonyl (C=O) groups is 1. The quantitative estimate of drug-likeness (QED) is 0.440. The molecule has 2 aliphatic carbocycles. The second-order valence-corrected chi connectivity index (χ2v) is 10.1. The van der Waals surface area contributed by atoms with Gasteiger partial charge in [-0.25, -0.2) is 0 Å². The molecule has 1 fully saturated rings. The summed E-state index contributed by atoms with van der Waals surface area (Å²) in [7, 11) is 1.65. The van der Waals surface area contributed by atoms with Crippen LogP contribution in [0, 0.1) is 5.41 Å². The van der Waals surface area contributed by atoms with Crippen LogP contribution in [0.3, 0.4) is 0 Å². The Labute approximate surface area is 193 Å². The fourth-order valence-electron chi connectivity index (χ4n) is 5.37. The lowest BCUT2D eigenvalue weighted by Crippen LogP contribution is -2.41. The monoisotopic (exact) mass is 444 g/mol. The molecule has 0 aliphatic heterocycles. The normalized spacial score (nSPS) is 24.1. The van der Waals surface area contributed by atoms with Crippen LogP contribution in [0.25, 0.3) is 0 Å². The molecule has 0 radical (unpaired) electrons. The van der Waals surface area contributed by atoms with Crippen molar-refractivity contribution in [2.75, 3.05) is 20.3 Å². The molecule has 2 aliphatic rings. The van der Waals surface area contributed by atoms with Crippen LogP contribution in [-0.4, -0.2) is 37.8 Å². The van der Waals surface area contributed by atoms with Gasteiger partial charge in [0.2, 0.25) is 0 Å². The van der Waals surface area contributed by atoms with Crippen LogP contribution in [0.1, 0.15) is 79.2 Å². The molecule has 0 amide bonds. The highest BCUT2D eigenvalue weighted by atomic mass is 16.7. The molecule has 3 rings (SSSR count). The smallest absolute Gasteiger partial charge is 0.199 e. The maximum absolute atomic E-state index is 13.3. The molecule has 178 valence electrons. The zero-order valence-electron chi connectivity index (χ0n) is 20.9. The minimum absolute atomic E-state index is 0.117. The van der Waals surface area contributed by atoms with Gasteiger partial charge in [0.1, 0.15) is 5.75 Å². The maximum atomic E-state index is 13.3. The SMILES string of the molecule is CCOC(CC1=C2CC[C@H](OC(C)(C)C)[C@@]2(C)CCC1=O)(OCC)c1cccc(OC)c1. The Bertz CT molecular complexity index is 844. The average Bonchev–Trinajstić information content (AvgIpc) is 3.05. The summed E-state index contributed by atoms with van der Waals surface area (Å²) in [5.41, 5.74) is 2.62. The fourth-order valence-corrected chi connectivity index (χ4v) is 5.37. The van der Waals surface area contributed by atoms with Crippen molar-refractivity contribution < 1.29 is 23.7 Å². The van der Waals surface area contributed by atoms with Gasteiger partial charge >= 0.3 is 0 Å². The minimum Gasteiger partial charge on any atom is -0.497 e. The highest BCUT2D eigenvalue weighted by Crippen LogP contribution is 2.54. The van der Waals surface area contributed by atoms with Gasteiger partial charge in [0.15, 0.2) is 11.6 Å². The van der Waals surface area contributed by atoms with E-state index in [2.05, 4.69) is 27.7 Å². The number of methoxy groups -OCH3 is 1. The largest absolute Gasteiger partial charge is 0.497 e. The molecule has 32 heavy (non-hydrogen) atoms. The standard InChI is InChI=1S/C27H40O5/c1-8-30-27(31-9-2,19-11-10-12-20(17-19)29-7)18-21-22-13-14-24(32-25(3,4)5)26(22,6)16-15-23(21)28/h10-12,17,24H,8-9,13-16,18H2,1-7H3/t24-,26-/m0/s1. The van der Waals surface area contributed by atoms with E-state index < -0.39 is 5.79 Å². The second kappa shape index (κ2) is 9.66. The molecule has 0 aromatic heterocycles. The topological polar surface area (TPSA) is 54.0 Å². The summed E-state index contributed by atoms with van der Waals surface area (Å²) in [4.78, 5) is 13.3. The lowest BCUT2D eigenvalue weighted by Gasteiger charge is -2.42. The molecule has 5 nitrogen and oxygen atoms in total. The van der Waals surface area contributed by atoms with Crippen LogP contribution in [0.5, 0.6) is 5.75 Å². The average molecular weight is 445 g/mol. The molecule has 0 bridgehead atoms. The first-order valence-corrected chi connectivity index (χ1v) is 11.9. The third-order valence-corrected chi connectivity index (χ3v) is 6.80. The Kier molecular flexibility index (Phi) is 7.53. The maximum Gasteiger partial charge on any atom is 0.199 e. The Morgan fingerprint density at radius 1 is 1.09 bits per heavy atom. The van der Waals surface area contributed by atoms with E-state index in [-0.39, 0.29) is 22.9 Å². The van der Waals surface area contributed by atoms with Gasteiger partial charge in [0.05, 0.1) is 18.8 Å². The lowest BCUT2D eigenvalue weighted by atomic mass is 9.69. The van der Waals surface area contributed by atoms with Crippen LogP contribution < -0.4 is 4.74 Å². The van der Waals surface area contributed by atoms with Gasteiger partial charge < -0.3 is 18.9 Å². The van der Waals surface area contributed by atoms with Gasteiger partial charge in [-0.1, -0.05) is 24.6 Å². The molecule has 0 saturated heterocycles. The Morgan fingerprint density at radius 2 is 1.78 bits per heavy atom. The number of ether oxygens (including phenoxy) is 4. The number of rotatable bonds is 9. The van der Waals surface area contributed by atoms with Crippen LogP contribution in [0.4, 0.5) is 0 Å². The Morgan fingerprint density at radius 3 is 2.38 bits per heavy atom. The summed E-state index contributed by atoms with van der Waals surface area (Å²) in [6.45, 7) is 13.4. The van der Waals surface area contributed by atoms with Crippen LogP contribution in [0.2, 0.25) is 0 Å². The first-order valence-electron chi connectivity index (χ1n) is 11.9.